The first-order valence-electron chi connectivity index (χ1n) is 5.29. The van der Waals surface area contributed by atoms with Crippen LogP contribution in [0.2, 0.25) is 5.02 Å². The van der Waals surface area contributed by atoms with Crippen molar-refractivity contribution < 1.29 is 9.90 Å². The Balaban J connectivity index is 2.50. The maximum absolute atomic E-state index is 11.3. The van der Waals surface area contributed by atoms with Crippen molar-refractivity contribution in [2.45, 2.75) is 26.4 Å². The highest BCUT2D eigenvalue weighted by atomic mass is 35.5. The van der Waals surface area contributed by atoms with Gasteiger partial charge in [0.1, 0.15) is 0 Å². The van der Waals surface area contributed by atoms with Crippen LogP contribution in [-0.2, 0) is 11.2 Å². The number of aliphatic hydroxyl groups is 1. The standard InChI is InChI=1S/C12H14ClNO2/c1-6(2)12(16)9-5-8(13)3-7-4-10(15)14-11(7)9/h3,5-6,12,16H,4H2,1-2H3,(H,14,15). The van der Waals surface area contributed by atoms with Gasteiger partial charge in [-0.3, -0.25) is 4.79 Å². The van der Waals surface area contributed by atoms with Crippen LogP contribution < -0.4 is 5.32 Å². The smallest absolute Gasteiger partial charge is 0.228 e. The van der Waals surface area contributed by atoms with Crippen molar-refractivity contribution in [3.63, 3.8) is 0 Å². The van der Waals surface area contributed by atoms with E-state index < -0.39 is 6.10 Å². The predicted octanol–water partition coefficient (Wildman–Crippen LogP) is 2.52. The number of carbonyl (C=O) groups is 1. The first-order chi connectivity index (χ1) is 7.49. The highest BCUT2D eigenvalue weighted by Crippen LogP contribution is 2.36. The molecule has 0 spiro atoms. The van der Waals surface area contributed by atoms with E-state index in [2.05, 4.69) is 5.32 Å². The van der Waals surface area contributed by atoms with Crippen LogP contribution in [0, 0.1) is 5.92 Å². The molecule has 3 nitrogen and oxygen atoms in total. The van der Waals surface area contributed by atoms with E-state index in [1.165, 1.54) is 0 Å². The summed E-state index contributed by atoms with van der Waals surface area (Å²) in [6.45, 7) is 3.85. The van der Waals surface area contributed by atoms with Crippen LogP contribution >= 0.6 is 11.6 Å². The molecule has 0 bridgehead atoms. The lowest BCUT2D eigenvalue weighted by Gasteiger charge is -2.18. The summed E-state index contributed by atoms with van der Waals surface area (Å²) in [4.78, 5) is 11.3. The summed E-state index contributed by atoms with van der Waals surface area (Å²) < 4.78 is 0. The number of aliphatic hydroxyl groups excluding tert-OH is 1. The average molecular weight is 240 g/mol. The number of carbonyl (C=O) groups excluding carboxylic acids is 1. The van der Waals surface area contributed by atoms with Crippen LogP contribution in [0.1, 0.15) is 31.1 Å². The van der Waals surface area contributed by atoms with Gasteiger partial charge in [0.05, 0.1) is 18.2 Å². The van der Waals surface area contributed by atoms with Gasteiger partial charge < -0.3 is 10.4 Å². The minimum atomic E-state index is -0.606. The Morgan fingerprint density at radius 3 is 2.75 bits per heavy atom. The maximum atomic E-state index is 11.3. The van der Waals surface area contributed by atoms with Gasteiger partial charge in [-0.25, -0.2) is 0 Å². The van der Waals surface area contributed by atoms with Gasteiger partial charge >= 0.3 is 0 Å². The monoisotopic (exact) mass is 239 g/mol. The van der Waals surface area contributed by atoms with E-state index in [-0.39, 0.29) is 11.8 Å². The second-order valence-corrected chi connectivity index (χ2v) is 4.88. The topological polar surface area (TPSA) is 49.3 Å². The molecule has 2 rings (SSSR count). The molecule has 0 aromatic heterocycles. The first kappa shape index (κ1) is 11.4. The number of anilines is 1. The molecule has 0 radical (unpaired) electrons. The van der Waals surface area contributed by atoms with Gasteiger partial charge in [-0.1, -0.05) is 25.4 Å². The van der Waals surface area contributed by atoms with Gasteiger partial charge in [0, 0.05) is 10.6 Å². The largest absolute Gasteiger partial charge is 0.388 e. The Kier molecular flexibility index (Phi) is 2.91. The fourth-order valence-electron chi connectivity index (χ4n) is 1.93. The normalized spacial score (nSPS) is 16.2. The molecular formula is C12H14ClNO2. The molecule has 0 fully saturated rings. The quantitative estimate of drug-likeness (QED) is 0.833. The molecule has 86 valence electrons. The molecule has 16 heavy (non-hydrogen) atoms. The summed E-state index contributed by atoms with van der Waals surface area (Å²) >= 11 is 5.97. The Morgan fingerprint density at radius 1 is 1.44 bits per heavy atom. The third-order valence-electron chi connectivity index (χ3n) is 2.78. The van der Waals surface area contributed by atoms with Crippen LogP contribution in [-0.4, -0.2) is 11.0 Å². The van der Waals surface area contributed by atoms with Crippen LogP contribution in [0.25, 0.3) is 0 Å². The molecule has 0 saturated carbocycles. The fourth-order valence-corrected chi connectivity index (χ4v) is 2.18. The van der Waals surface area contributed by atoms with E-state index in [1.807, 2.05) is 13.8 Å². The number of rotatable bonds is 2. The molecule has 0 saturated heterocycles. The molecule has 1 aromatic rings. The van der Waals surface area contributed by atoms with Crippen LogP contribution in [0.15, 0.2) is 12.1 Å². The van der Waals surface area contributed by atoms with Gasteiger partial charge in [0.15, 0.2) is 0 Å². The summed E-state index contributed by atoms with van der Waals surface area (Å²) in [5.74, 6) is 0.0366. The van der Waals surface area contributed by atoms with Crippen LogP contribution in [0.4, 0.5) is 5.69 Å². The van der Waals surface area contributed by atoms with Crippen molar-refractivity contribution in [3.8, 4) is 0 Å². The third-order valence-corrected chi connectivity index (χ3v) is 3.00. The van der Waals surface area contributed by atoms with Crippen LogP contribution in [0.3, 0.4) is 0 Å². The molecule has 2 N–H and O–H groups in total. The zero-order chi connectivity index (χ0) is 11.9. The number of nitrogens with one attached hydrogen (secondary N) is 1. The Morgan fingerprint density at radius 2 is 2.12 bits per heavy atom. The fraction of sp³-hybridized carbons (Fsp3) is 0.417. The molecule has 4 heteroatoms. The van der Waals surface area contributed by atoms with Gasteiger partial charge in [-0.15, -0.1) is 0 Å². The van der Waals surface area contributed by atoms with Crippen molar-refractivity contribution >= 4 is 23.2 Å². The molecule has 1 atom stereocenters. The minimum absolute atomic E-state index is 0.0468. The minimum Gasteiger partial charge on any atom is -0.388 e. The molecule has 0 aliphatic carbocycles. The average Bonchev–Trinajstić information content (AvgIpc) is 2.55. The Labute approximate surface area is 99.4 Å². The molecular weight excluding hydrogens is 226 g/mol. The second kappa shape index (κ2) is 4.07. The molecule has 1 aromatic carbocycles. The summed E-state index contributed by atoms with van der Waals surface area (Å²) in [5.41, 5.74) is 2.31. The molecule has 1 aliphatic heterocycles. The van der Waals surface area contributed by atoms with Gasteiger partial charge in [-0.2, -0.15) is 0 Å². The first-order valence-corrected chi connectivity index (χ1v) is 5.67. The number of halogens is 1. The summed E-state index contributed by atoms with van der Waals surface area (Å²) in [5, 5.41) is 13.4. The van der Waals surface area contributed by atoms with Crippen molar-refractivity contribution in [3.05, 3.63) is 28.3 Å². The molecule has 1 heterocycles. The number of hydrogen-bond acceptors (Lipinski definition) is 2. The van der Waals surface area contributed by atoms with E-state index in [1.54, 1.807) is 12.1 Å². The lowest BCUT2D eigenvalue weighted by Crippen LogP contribution is -2.10. The van der Waals surface area contributed by atoms with Gasteiger partial charge in [0.2, 0.25) is 5.91 Å². The third kappa shape index (κ3) is 1.93. The molecule has 1 unspecified atom stereocenters. The van der Waals surface area contributed by atoms with E-state index >= 15 is 0 Å². The lowest BCUT2D eigenvalue weighted by molar-refractivity contribution is -0.115. The van der Waals surface area contributed by atoms with Gasteiger partial charge in [-0.05, 0) is 23.6 Å². The molecule has 1 aliphatic rings. The van der Waals surface area contributed by atoms with Crippen molar-refractivity contribution in [2.75, 3.05) is 5.32 Å². The van der Waals surface area contributed by atoms with E-state index in [0.29, 0.717) is 17.0 Å². The van der Waals surface area contributed by atoms with Crippen LogP contribution in [0.5, 0.6) is 0 Å². The molecule has 1 amide bonds. The Bertz CT molecular complexity index is 443. The maximum Gasteiger partial charge on any atom is 0.228 e. The van der Waals surface area contributed by atoms with Crippen molar-refractivity contribution in [2.24, 2.45) is 5.92 Å². The number of benzene rings is 1. The van der Waals surface area contributed by atoms with Gasteiger partial charge in [0.25, 0.3) is 0 Å². The number of fused-ring (bicyclic) bond motifs is 1. The lowest BCUT2D eigenvalue weighted by atomic mass is 9.96. The van der Waals surface area contributed by atoms with E-state index in [9.17, 15) is 9.90 Å². The second-order valence-electron chi connectivity index (χ2n) is 4.44. The number of amides is 1. The predicted molar refractivity (Wildman–Crippen MR) is 63.6 cm³/mol. The SMILES string of the molecule is CC(C)C(O)c1cc(Cl)cc2c1NC(=O)C2. The highest BCUT2D eigenvalue weighted by Gasteiger charge is 2.25. The summed E-state index contributed by atoms with van der Waals surface area (Å²) in [6.07, 6.45) is -0.265. The van der Waals surface area contributed by atoms with E-state index in [4.69, 9.17) is 11.6 Å². The zero-order valence-corrected chi connectivity index (χ0v) is 10.0. The summed E-state index contributed by atoms with van der Waals surface area (Å²) in [6, 6.07) is 3.49. The van der Waals surface area contributed by atoms with Crippen molar-refractivity contribution in [1.29, 1.82) is 0 Å². The highest BCUT2D eigenvalue weighted by molar-refractivity contribution is 6.31. The number of hydrogen-bond donors (Lipinski definition) is 2. The summed E-state index contributed by atoms with van der Waals surface area (Å²) in [7, 11) is 0. The van der Waals surface area contributed by atoms with Crippen molar-refractivity contribution in [1.82, 2.24) is 0 Å². The van der Waals surface area contributed by atoms with E-state index in [0.717, 1.165) is 11.3 Å². The zero-order valence-electron chi connectivity index (χ0n) is 9.25. The Hall–Kier alpha value is -1.06.